The fourth-order valence-electron chi connectivity index (χ4n) is 2.09. The van der Waals surface area contributed by atoms with Gasteiger partial charge in [0.05, 0.1) is 12.5 Å². The molecular formula is C17H20N2O2. The van der Waals surface area contributed by atoms with E-state index in [9.17, 15) is 9.90 Å². The number of nitrogens with two attached hydrogens (primary N) is 1. The first-order valence-electron chi connectivity index (χ1n) is 6.91. The number of nitrogens with one attached hydrogen (secondary N) is 1. The largest absolute Gasteiger partial charge is 0.399 e. The summed E-state index contributed by atoms with van der Waals surface area (Å²) in [5.74, 6) is -0.0983. The molecule has 0 aliphatic heterocycles. The third kappa shape index (κ3) is 4.33. The van der Waals surface area contributed by atoms with Crippen LogP contribution in [0, 0.1) is 6.92 Å². The Balaban J connectivity index is 1.86. The van der Waals surface area contributed by atoms with Crippen molar-refractivity contribution in [3.05, 3.63) is 65.2 Å². The molecule has 21 heavy (non-hydrogen) atoms. The van der Waals surface area contributed by atoms with Gasteiger partial charge in [-0.1, -0.05) is 36.4 Å². The van der Waals surface area contributed by atoms with E-state index in [4.69, 9.17) is 5.73 Å². The van der Waals surface area contributed by atoms with Crippen LogP contribution in [0.3, 0.4) is 0 Å². The second kappa shape index (κ2) is 6.90. The highest BCUT2D eigenvalue weighted by Gasteiger charge is 2.10. The van der Waals surface area contributed by atoms with Gasteiger partial charge >= 0.3 is 0 Å². The second-order valence-electron chi connectivity index (χ2n) is 5.09. The number of aryl methyl sites for hydroxylation is 1. The van der Waals surface area contributed by atoms with Crippen molar-refractivity contribution in [1.82, 2.24) is 5.32 Å². The van der Waals surface area contributed by atoms with Gasteiger partial charge in [-0.05, 0) is 35.7 Å². The van der Waals surface area contributed by atoms with E-state index in [0.29, 0.717) is 12.1 Å². The fraction of sp³-hybridized carbons (Fsp3) is 0.235. The summed E-state index contributed by atoms with van der Waals surface area (Å²) in [6.45, 7) is 2.17. The molecule has 0 aliphatic carbocycles. The van der Waals surface area contributed by atoms with E-state index in [2.05, 4.69) is 5.32 Å². The number of benzene rings is 2. The lowest BCUT2D eigenvalue weighted by molar-refractivity contribution is -0.120. The highest BCUT2D eigenvalue weighted by molar-refractivity contribution is 5.78. The Labute approximate surface area is 124 Å². The zero-order chi connectivity index (χ0) is 15.2. The zero-order valence-corrected chi connectivity index (χ0v) is 12.0. The molecule has 0 bridgehead atoms. The van der Waals surface area contributed by atoms with Crippen molar-refractivity contribution in [2.24, 2.45) is 0 Å². The van der Waals surface area contributed by atoms with Crippen molar-refractivity contribution in [1.29, 1.82) is 0 Å². The summed E-state index contributed by atoms with van der Waals surface area (Å²) in [4.78, 5) is 11.9. The lowest BCUT2D eigenvalue weighted by atomic mass is 10.1. The van der Waals surface area contributed by atoms with Crippen LogP contribution in [0.1, 0.15) is 22.8 Å². The van der Waals surface area contributed by atoms with E-state index in [1.165, 1.54) is 0 Å². The Bertz CT molecular complexity index is 608. The summed E-state index contributed by atoms with van der Waals surface area (Å²) in [5, 5.41) is 12.8. The number of aliphatic hydroxyl groups excluding tert-OH is 1. The Kier molecular flexibility index (Phi) is 4.95. The van der Waals surface area contributed by atoms with Gasteiger partial charge in [-0.2, -0.15) is 0 Å². The molecule has 0 aromatic heterocycles. The van der Waals surface area contributed by atoms with Crippen molar-refractivity contribution >= 4 is 11.6 Å². The monoisotopic (exact) mass is 284 g/mol. The number of amides is 1. The molecule has 1 amide bonds. The van der Waals surface area contributed by atoms with Crippen molar-refractivity contribution in [3.8, 4) is 0 Å². The summed E-state index contributed by atoms with van der Waals surface area (Å²) in [7, 11) is 0. The first-order valence-corrected chi connectivity index (χ1v) is 6.91. The highest BCUT2D eigenvalue weighted by Crippen LogP contribution is 2.14. The molecule has 0 heterocycles. The van der Waals surface area contributed by atoms with E-state index in [1.807, 2.05) is 31.2 Å². The lowest BCUT2D eigenvalue weighted by Gasteiger charge is -2.13. The number of nitrogen functional groups attached to an aromatic ring is 1. The third-order valence-corrected chi connectivity index (χ3v) is 3.43. The molecular weight excluding hydrogens is 264 g/mol. The average molecular weight is 284 g/mol. The number of anilines is 1. The van der Waals surface area contributed by atoms with E-state index in [-0.39, 0.29) is 12.5 Å². The number of hydrogen-bond acceptors (Lipinski definition) is 3. The van der Waals surface area contributed by atoms with Crippen LogP contribution in [0.25, 0.3) is 0 Å². The van der Waals surface area contributed by atoms with Crippen LogP contribution in [-0.4, -0.2) is 17.6 Å². The predicted octanol–water partition coefficient (Wildman–Crippen LogP) is 1.97. The molecule has 110 valence electrons. The van der Waals surface area contributed by atoms with E-state index >= 15 is 0 Å². The normalized spacial score (nSPS) is 11.9. The van der Waals surface area contributed by atoms with Gasteiger partial charge in [0.2, 0.25) is 5.91 Å². The van der Waals surface area contributed by atoms with Crippen LogP contribution >= 0.6 is 0 Å². The first-order chi connectivity index (χ1) is 10.1. The molecule has 4 N–H and O–H groups in total. The van der Waals surface area contributed by atoms with Crippen LogP contribution in [0.4, 0.5) is 5.69 Å². The van der Waals surface area contributed by atoms with Crippen LogP contribution < -0.4 is 11.1 Å². The number of rotatable bonds is 5. The van der Waals surface area contributed by atoms with Crippen molar-refractivity contribution < 1.29 is 9.90 Å². The number of carbonyl (C=O) groups is 1. The minimum absolute atomic E-state index is 0.0983. The molecule has 4 heteroatoms. The number of aliphatic hydroxyl groups is 1. The molecule has 0 fully saturated rings. The average Bonchev–Trinajstić information content (AvgIpc) is 2.48. The summed E-state index contributed by atoms with van der Waals surface area (Å²) >= 11 is 0. The molecule has 0 aliphatic rings. The van der Waals surface area contributed by atoms with Crippen molar-refractivity contribution in [2.75, 3.05) is 12.3 Å². The van der Waals surface area contributed by atoms with Crippen LogP contribution in [-0.2, 0) is 11.2 Å². The molecule has 1 unspecified atom stereocenters. The van der Waals surface area contributed by atoms with Gasteiger partial charge in [-0.25, -0.2) is 0 Å². The summed E-state index contributed by atoms with van der Waals surface area (Å²) in [5.41, 5.74) is 9.07. The molecule has 0 saturated carbocycles. The Morgan fingerprint density at radius 1 is 1.19 bits per heavy atom. The first kappa shape index (κ1) is 15.1. The zero-order valence-electron chi connectivity index (χ0n) is 12.0. The van der Waals surface area contributed by atoms with Gasteiger partial charge in [0.15, 0.2) is 0 Å². The molecule has 1 atom stereocenters. The molecule has 0 radical (unpaired) electrons. The smallest absolute Gasteiger partial charge is 0.224 e. The molecule has 0 saturated heterocycles. The van der Waals surface area contributed by atoms with Crippen molar-refractivity contribution in [3.63, 3.8) is 0 Å². The Morgan fingerprint density at radius 2 is 1.86 bits per heavy atom. The van der Waals surface area contributed by atoms with Crippen LogP contribution in [0.2, 0.25) is 0 Å². The molecule has 2 rings (SSSR count). The molecule has 2 aromatic rings. The summed E-state index contributed by atoms with van der Waals surface area (Å²) in [6, 6.07) is 14.7. The summed E-state index contributed by atoms with van der Waals surface area (Å²) < 4.78 is 0. The topological polar surface area (TPSA) is 75.3 Å². The Hall–Kier alpha value is -2.33. The lowest BCUT2D eigenvalue weighted by Crippen LogP contribution is -2.29. The SMILES string of the molecule is Cc1ccccc1CC(=O)NCC(O)c1ccc(N)cc1. The number of carbonyl (C=O) groups excluding carboxylic acids is 1. The third-order valence-electron chi connectivity index (χ3n) is 3.43. The van der Waals surface area contributed by atoms with E-state index in [1.54, 1.807) is 24.3 Å². The van der Waals surface area contributed by atoms with Gasteiger partial charge in [-0.3, -0.25) is 4.79 Å². The maximum absolute atomic E-state index is 11.9. The van der Waals surface area contributed by atoms with Gasteiger partial charge < -0.3 is 16.2 Å². The maximum Gasteiger partial charge on any atom is 0.224 e. The van der Waals surface area contributed by atoms with Gasteiger partial charge in [0, 0.05) is 12.2 Å². The van der Waals surface area contributed by atoms with Gasteiger partial charge in [0.1, 0.15) is 0 Å². The predicted molar refractivity (Wildman–Crippen MR) is 83.7 cm³/mol. The maximum atomic E-state index is 11.9. The molecule has 4 nitrogen and oxygen atoms in total. The molecule has 2 aromatic carbocycles. The second-order valence-corrected chi connectivity index (χ2v) is 5.09. The van der Waals surface area contributed by atoms with E-state index in [0.717, 1.165) is 16.7 Å². The minimum atomic E-state index is -0.730. The van der Waals surface area contributed by atoms with Crippen LogP contribution in [0.15, 0.2) is 48.5 Å². The number of hydrogen-bond donors (Lipinski definition) is 3. The summed E-state index contributed by atoms with van der Waals surface area (Å²) in [6.07, 6.45) is -0.410. The van der Waals surface area contributed by atoms with Crippen LogP contribution in [0.5, 0.6) is 0 Å². The molecule has 0 spiro atoms. The van der Waals surface area contributed by atoms with Gasteiger partial charge in [-0.15, -0.1) is 0 Å². The standard InChI is InChI=1S/C17H20N2O2/c1-12-4-2-3-5-14(12)10-17(21)19-11-16(20)13-6-8-15(18)9-7-13/h2-9,16,20H,10-11,18H2,1H3,(H,19,21). The minimum Gasteiger partial charge on any atom is -0.399 e. The van der Waals surface area contributed by atoms with Gasteiger partial charge in [0.25, 0.3) is 0 Å². The quantitative estimate of drug-likeness (QED) is 0.735. The highest BCUT2D eigenvalue weighted by atomic mass is 16.3. The fourth-order valence-corrected chi connectivity index (χ4v) is 2.09. The Morgan fingerprint density at radius 3 is 2.52 bits per heavy atom. The van der Waals surface area contributed by atoms with Crippen molar-refractivity contribution in [2.45, 2.75) is 19.4 Å². The van der Waals surface area contributed by atoms with E-state index < -0.39 is 6.10 Å².